The molecule has 0 aliphatic carbocycles. The van der Waals surface area contributed by atoms with Crippen LogP contribution in [0.15, 0.2) is 42.5 Å². The van der Waals surface area contributed by atoms with E-state index in [9.17, 15) is 18.0 Å². The molecule has 0 saturated carbocycles. The Hall–Kier alpha value is -3.25. The molecule has 0 spiro atoms. The smallest absolute Gasteiger partial charge is 0.384 e. The number of urea groups is 1. The fourth-order valence-electron chi connectivity index (χ4n) is 5.09. The molecule has 34 heavy (non-hydrogen) atoms. The summed E-state index contributed by atoms with van der Waals surface area (Å²) in [6.07, 6.45) is -3.92. The van der Waals surface area contributed by atoms with Crippen molar-refractivity contribution in [1.29, 1.82) is 5.26 Å². The van der Waals surface area contributed by atoms with Gasteiger partial charge in [-0.15, -0.1) is 0 Å². The van der Waals surface area contributed by atoms with E-state index in [0.29, 0.717) is 44.9 Å². The van der Waals surface area contributed by atoms with Gasteiger partial charge in [0.1, 0.15) is 0 Å². The highest BCUT2D eigenvalue weighted by atomic mass is 19.4. The van der Waals surface area contributed by atoms with Crippen LogP contribution in [0.25, 0.3) is 0 Å². The summed E-state index contributed by atoms with van der Waals surface area (Å²) in [4.78, 5) is 16.6. The molecule has 2 aromatic carbocycles. The second kappa shape index (κ2) is 9.18. The van der Waals surface area contributed by atoms with Gasteiger partial charge in [0.25, 0.3) is 0 Å². The first-order chi connectivity index (χ1) is 16.1. The van der Waals surface area contributed by atoms with Crippen molar-refractivity contribution < 1.29 is 22.7 Å². The summed E-state index contributed by atoms with van der Waals surface area (Å²) in [6.45, 7) is 4.49. The first kappa shape index (κ1) is 23.9. The van der Waals surface area contributed by atoms with Crippen molar-refractivity contribution in [2.75, 3.05) is 50.1 Å². The molecule has 2 aliphatic rings. The number of hydrogen-bond acceptors (Lipinski definition) is 4. The van der Waals surface area contributed by atoms with Crippen molar-refractivity contribution >= 4 is 17.4 Å². The molecule has 0 bridgehead atoms. The maximum absolute atomic E-state index is 13.5. The number of hydrogen-bond donors (Lipinski definition) is 1. The lowest BCUT2D eigenvalue weighted by Gasteiger charge is -2.42. The van der Waals surface area contributed by atoms with E-state index in [2.05, 4.69) is 5.32 Å². The molecule has 9 heteroatoms. The summed E-state index contributed by atoms with van der Waals surface area (Å²) in [5.41, 5.74) is 0.659. The molecule has 0 radical (unpaired) electrons. The lowest BCUT2D eigenvalue weighted by molar-refractivity contribution is -0.137. The minimum Gasteiger partial charge on any atom is -0.384 e. The molecule has 2 fully saturated rings. The van der Waals surface area contributed by atoms with E-state index in [1.807, 2.05) is 36.1 Å². The third kappa shape index (κ3) is 4.68. The topological polar surface area (TPSA) is 68.6 Å². The highest BCUT2D eigenvalue weighted by Crippen LogP contribution is 2.45. The van der Waals surface area contributed by atoms with Gasteiger partial charge in [0, 0.05) is 56.0 Å². The molecule has 2 atom stereocenters. The van der Waals surface area contributed by atoms with E-state index in [4.69, 9.17) is 10.00 Å². The number of carbonyl (C=O) groups excluding carboxylic acids is 1. The molecule has 1 N–H and O–H groups in total. The third-order valence-electron chi connectivity index (χ3n) is 6.95. The maximum Gasteiger partial charge on any atom is 0.417 e. The molecule has 2 saturated heterocycles. The van der Waals surface area contributed by atoms with Gasteiger partial charge in [0.2, 0.25) is 0 Å². The molecule has 2 aliphatic heterocycles. The Bertz CT molecular complexity index is 1100. The van der Waals surface area contributed by atoms with Gasteiger partial charge in [-0.3, -0.25) is 0 Å². The molecular formula is C25H27F3N4O2. The van der Waals surface area contributed by atoms with E-state index in [-0.39, 0.29) is 17.4 Å². The normalized spacial score (nSPS) is 22.3. The molecule has 6 nitrogen and oxygen atoms in total. The van der Waals surface area contributed by atoms with E-state index in [1.54, 1.807) is 24.1 Å². The maximum atomic E-state index is 13.5. The monoisotopic (exact) mass is 472 g/mol. The zero-order chi connectivity index (χ0) is 24.5. The average Bonchev–Trinajstić information content (AvgIpc) is 3.18. The number of piperidine rings is 1. The van der Waals surface area contributed by atoms with Crippen molar-refractivity contribution in [1.82, 2.24) is 4.90 Å². The van der Waals surface area contributed by atoms with Crippen molar-refractivity contribution in [3.63, 3.8) is 0 Å². The first-order valence-corrected chi connectivity index (χ1v) is 11.1. The van der Waals surface area contributed by atoms with Crippen LogP contribution in [0.4, 0.5) is 29.3 Å². The van der Waals surface area contributed by atoms with E-state index < -0.39 is 17.3 Å². The number of carbonyl (C=O) groups is 1. The number of nitriles is 1. The Morgan fingerprint density at radius 3 is 2.62 bits per heavy atom. The average molecular weight is 473 g/mol. The number of benzene rings is 2. The van der Waals surface area contributed by atoms with Crippen LogP contribution in [0.1, 0.15) is 23.1 Å². The molecule has 0 unspecified atom stereocenters. The predicted molar refractivity (Wildman–Crippen MR) is 123 cm³/mol. The highest BCUT2D eigenvalue weighted by Gasteiger charge is 2.50. The molecule has 2 heterocycles. The van der Waals surface area contributed by atoms with Crippen LogP contribution in [0.5, 0.6) is 0 Å². The number of nitrogens with zero attached hydrogens (tertiary/aromatic N) is 3. The summed E-state index contributed by atoms with van der Waals surface area (Å²) in [6, 6.07) is 12.8. The zero-order valence-corrected chi connectivity index (χ0v) is 19.2. The van der Waals surface area contributed by atoms with Crippen molar-refractivity contribution in [3.8, 4) is 6.07 Å². The van der Waals surface area contributed by atoms with Gasteiger partial charge in [-0.05, 0) is 43.7 Å². The number of alkyl halides is 3. The molecule has 2 aromatic rings. The van der Waals surface area contributed by atoms with Crippen molar-refractivity contribution in [3.05, 3.63) is 59.2 Å². The second-order valence-corrected chi connectivity index (χ2v) is 9.20. The number of rotatable bonds is 4. The number of ether oxygens (including phenoxy) is 1. The van der Waals surface area contributed by atoms with Gasteiger partial charge >= 0.3 is 12.2 Å². The fraction of sp³-hybridized carbons (Fsp3) is 0.440. The third-order valence-corrected chi connectivity index (χ3v) is 6.95. The summed E-state index contributed by atoms with van der Waals surface area (Å²) in [7, 11) is 1.62. The standard InChI is InChI=1S/C25H27F3N4O2/c1-17-3-6-20(7-4-17)30-23(33)31-10-9-24(16-34-2)15-32(14-19(24)13-31)21-8-5-18(12-29)22(11-21)25(26,27)28/h3-8,11,19H,9-10,13-16H2,1-2H3,(H,30,33)/t19-,24+/m1/s1. The van der Waals surface area contributed by atoms with Gasteiger partial charge in [0.15, 0.2) is 0 Å². The number of fused-ring (bicyclic) bond motifs is 1. The minimum absolute atomic E-state index is 0.0370. The van der Waals surface area contributed by atoms with Crippen molar-refractivity contribution in [2.45, 2.75) is 19.5 Å². The fourth-order valence-corrected chi connectivity index (χ4v) is 5.09. The van der Waals surface area contributed by atoms with Crippen LogP contribution >= 0.6 is 0 Å². The van der Waals surface area contributed by atoms with E-state index in [1.165, 1.54) is 6.07 Å². The number of likely N-dealkylation sites (tertiary alicyclic amines) is 1. The van der Waals surface area contributed by atoms with Crippen molar-refractivity contribution in [2.24, 2.45) is 11.3 Å². The van der Waals surface area contributed by atoms with Gasteiger partial charge < -0.3 is 19.9 Å². The number of halogens is 3. The number of methoxy groups -OCH3 is 1. The van der Waals surface area contributed by atoms with Crippen LogP contribution in [-0.4, -0.2) is 50.8 Å². The Morgan fingerprint density at radius 2 is 1.97 bits per heavy atom. The van der Waals surface area contributed by atoms with E-state index in [0.717, 1.165) is 17.3 Å². The van der Waals surface area contributed by atoms with Gasteiger partial charge in [-0.25, -0.2) is 4.79 Å². The van der Waals surface area contributed by atoms with Crippen LogP contribution in [0.3, 0.4) is 0 Å². The minimum atomic E-state index is -4.61. The SMILES string of the molecule is COC[C@@]12CCN(C(=O)Nc3ccc(C)cc3)C[C@@H]1CN(c1ccc(C#N)c(C(F)(F)F)c1)C2. The Labute approximate surface area is 196 Å². The quantitative estimate of drug-likeness (QED) is 0.688. The lowest BCUT2D eigenvalue weighted by Crippen LogP contribution is -2.51. The lowest BCUT2D eigenvalue weighted by atomic mass is 9.73. The zero-order valence-electron chi connectivity index (χ0n) is 19.2. The van der Waals surface area contributed by atoms with Gasteiger partial charge in [0.05, 0.1) is 23.8 Å². The predicted octanol–water partition coefficient (Wildman–Crippen LogP) is 4.89. The Balaban J connectivity index is 1.53. The van der Waals surface area contributed by atoms with Crippen LogP contribution in [-0.2, 0) is 10.9 Å². The van der Waals surface area contributed by atoms with Crippen LogP contribution in [0.2, 0.25) is 0 Å². The number of amides is 2. The second-order valence-electron chi connectivity index (χ2n) is 9.20. The molecule has 2 amide bonds. The van der Waals surface area contributed by atoms with Crippen LogP contribution < -0.4 is 10.2 Å². The summed E-state index contributed by atoms with van der Waals surface area (Å²) < 4.78 is 46.0. The summed E-state index contributed by atoms with van der Waals surface area (Å²) >= 11 is 0. The molecule has 180 valence electrons. The largest absolute Gasteiger partial charge is 0.417 e. The molecular weight excluding hydrogens is 445 g/mol. The van der Waals surface area contributed by atoms with E-state index >= 15 is 0 Å². The molecule has 4 rings (SSSR count). The van der Waals surface area contributed by atoms with Crippen LogP contribution in [0, 0.1) is 29.6 Å². The summed E-state index contributed by atoms with van der Waals surface area (Å²) in [5.74, 6) is 0.0370. The Morgan fingerprint density at radius 1 is 1.24 bits per heavy atom. The van der Waals surface area contributed by atoms with Gasteiger partial charge in [-0.1, -0.05) is 17.7 Å². The first-order valence-electron chi connectivity index (χ1n) is 11.1. The Kier molecular flexibility index (Phi) is 6.45. The number of aryl methyl sites for hydroxylation is 1. The van der Waals surface area contributed by atoms with Gasteiger partial charge in [-0.2, -0.15) is 18.4 Å². The number of anilines is 2. The summed E-state index contributed by atoms with van der Waals surface area (Å²) in [5, 5.41) is 12.0. The molecule has 0 aromatic heterocycles. The number of nitrogens with one attached hydrogen (secondary N) is 1. The highest BCUT2D eigenvalue weighted by molar-refractivity contribution is 5.89.